The molecular weight excluding hydrogens is 216 g/mol. The number of hydrogen-bond acceptors (Lipinski definition) is 3. The van der Waals surface area contributed by atoms with Gasteiger partial charge in [0.15, 0.2) is 0 Å². The van der Waals surface area contributed by atoms with Crippen molar-refractivity contribution in [2.75, 3.05) is 26.7 Å². The lowest BCUT2D eigenvalue weighted by atomic mass is 9.85. The van der Waals surface area contributed by atoms with Crippen molar-refractivity contribution < 1.29 is 9.53 Å². The minimum atomic E-state index is -0.254. The van der Waals surface area contributed by atoms with Gasteiger partial charge >= 0.3 is 0 Å². The van der Waals surface area contributed by atoms with E-state index < -0.39 is 0 Å². The zero-order chi connectivity index (χ0) is 13.1. The SMILES string of the molecule is CCC(C)(C)C(=O)N1CCC(CN)(OC)CC1. The van der Waals surface area contributed by atoms with Gasteiger partial charge in [-0.25, -0.2) is 0 Å². The molecule has 100 valence electrons. The van der Waals surface area contributed by atoms with Crippen molar-refractivity contribution in [3.63, 3.8) is 0 Å². The summed E-state index contributed by atoms with van der Waals surface area (Å²) in [5.74, 6) is 0.252. The minimum Gasteiger partial charge on any atom is -0.377 e. The lowest BCUT2D eigenvalue weighted by Gasteiger charge is -2.42. The quantitative estimate of drug-likeness (QED) is 0.810. The largest absolute Gasteiger partial charge is 0.377 e. The van der Waals surface area contributed by atoms with E-state index in [9.17, 15) is 4.79 Å². The van der Waals surface area contributed by atoms with Crippen molar-refractivity contribution in [3.8, 4) is 0 Å². The lowest BCUT2D eigenvalue weighted by molar-refractivity contribution is -0.145. The first kappa shape index (κ1) is 14.5. The third kappa shape index (κ3) is 2.99. The van der Waals surface area contributed by atoms with Crippen LogP contribution in [0.1, 0.15) is 40.0 Å². The average molecular weight is 242 g/mol. The standard InChI is InChI=1S/C13H26N2O2/c1-5-12(2,3)11(16)15-8-6-13(10-14,17-4)7-9-15/h5-10,14H2,1-4H3. The number of nitrogens with zero attached hydrogens (tertiary/aromatic N) is 1. The molecule has 0 aromatic carbocycles. The highest BCUT2D eigenvalue weighted by Gasteiger charge is 2.38. The Balaban J connectivity index is 2.61. The average Bonchev–Trinajstić information content (AvgIpc) is 2.38. The number of amides is 1. The summed E-state index contributed by atoms with van der Waals surface area (Å²) < 4.78 is 5.50. The van der Waals surface area contributed by atoms with Crippen molar-refractivity contribution in [1.29, 1.82) is 0 Å². The van der Waals surface area contributed by atoms with Gasteiger partial charge in [0.25, 0.3) is 0 Å². The molecular formula is C13H26N2O2. The molecule has 0 spiro atoms. The Bertz CT molecular complexity index is 263. The number of carbonyl (C=O) groups is 1. The van der Waals surface area contributed by atoms with Crippen molar-refractivity contribution >= 4 is 5.91 Å². The third-order valence-electron chi connectivity index (χ3n) is 4.23. The predicted octanol–water partition coefficient (Wildman–Crippen LogP) is 1.39. The highest BCUT2D eigenvalue weighted by atomic mass is 16.5. The first-order valence-electron chi connectivity index (χ1n) is 6.45. The molecule has 17 heavy (non-hydrogen) atoms. The van der Waals surface area contributed by atoms with Crippen LogP contribution in [0.5, 0.6) is 0 Å². The summed E-state index contributed by atoms with van der Waals surface area (Å²) in [5, 5.41) is 0. The summed E-state index contributed by atoms with van der Waals surface area (Å²) in [4.78, 5) is 14.2. The fourth-order valence-corrected chi connectivity index (χ4v) is 2.19. The van der Waals surface area contributed by atoms with Crippen LogP contribution in [0.25, 0.3) is 0 Å². The predicted molar refractivity (Wildman–Crippen MR) is 68.7 cm³/mol. The molecule has 0 aliphatic carbocycles. The Morgan fingerprint density at radius 3 is 2.29 bits per heavy atom. The minimum absolute atomic E-state index is 0.215. The normalized spacial score (nSPS) is 20.4. The molecule has 2 N–H and O–H groups in total. The van der Waals surface area contributed by atoms with Crippen LogP contribution in [0.3, 0.4) is 0 Å². The van der Waals surface area contributed by atoms with E-state index >= 15 is 0 Å². The Hall–Kier alpha value is -0.610. The van der Waals surface area contributed by atoms with Crippen LogP contribution in [-0.4, -0.2) is 43.2 Å². The molecule has 4 nitrogen and oxygen atoms in total. The molecule has 0 aromatic heterocycles. The van der Waals surface area contributed by atoms with Crippen molar-refractivity contribution in [1.82, 2.24) is 4.90 Å². The Labute approximate surface area is 104 Å². The number of likely N-dealkylation sites (tertiary alicyclic amines) is 1. The van der Waals surface area contributed by atoms with Crippen LogP contribution < -0.4 is 5.73 Å². The van der Waals surface area contributed by atoms with Crippen LogP contribution in [0, 0.1) is 5.41 Å². The smallest absolute Gasteiger partial charge is 0.228 e. The second-order valence-electron chi connectivity index (χ2n) is 5.62. The fourth-order valence-electron chi connectivity index (χ4n) is 2.19. The van der Waals surface area contributed by atoms with E-state index in [1.807, 2.05) is 18.7 Å². The molecule has 1 rings (SSSR count). The van der Waals surface area contributed by atoms with Crippen molar-refractivity contribution in [2.24, 2.45) is 11.1 Å². The molecule has 0 atom stereocenters. The second kappa shape index (κ2) is 5.36. The first-order chi connectivity index (χ1) is 7.90. The van der Waals surface area contributed by atoms with Gasteiger partial charge in [-0.15, -0.1) is 0 Å². The number of carbonyl (C=O) groups excluding carboxylic acids is 1. The van der Waals surface area contributed by atoms with Crippen LogP contribution in [-0.2, 0) is 9.53 Å². The zero-order valence-electron chi connectivity index (χ0n) is 11.6. The molecule has 0 unspecified atom stereocenters. The molecule has 1 heterocycles. The molecule has 0 radical (unpaired) electrons. The Kier molecular flexibility index (Phi) is 4.55. The molecule has 0 saturated carbocycles. The van der Waals surface area contributed by atoms with E-state index in [1.165, 1.54) is 0 Å². The first-order valence-corrected chi connectivity index (χ1v) is 6.45. The zero-order valence-corrected chi connectivity index (χ0v) is 11.6. The summed E-state index contributed by atoms with van der Waals surface area (Å²) in [7, 11) is 1.71. The van der Waals surface area contributed by atoms with Gasteiger partial charge in [0.05, 0.1) is 5.60 Å². The van der Waals surface area contributed by atoms with Crippen molar-refractivity contribution in [2.45, 2.75) is 45.6 Å². The van der Waals surface area contributed by atoms with Gasteiger partial charge in [0.2, 0.25) is 5.91 Å². The van der Waals surface area contributed by atoms with Gasteiger partial charge < -0.3 is 15.4 Å². The van der Waals surface area contributed by atoms with E-state index in [-0.39, 0.29) is 16.9 Å². The maximum atomic E-state index is 12.3. The molecule has 1 saturated heterocycles. The van der Waals surface area contributed by atoms with Crippen LogP contribution in [0.4, 0.5) is 0 Å². The number of nitrogens with two attached hydrogens (primary N) is 1. The summed E-state index contributed by atoms with van der Waals surface area (Å²) in [6.45, 7) is 8.12. The van der Waals surface area contributed by atoms with E-state index in [0.717, 1.165) is 32.4 Å². The van der Waals surface area contributed by atoms with Crippen molar-refractivity contribution in [3.05, 3.63) is 0 Å². The Morgan fingerprint density at radius 1 is 1.41 bits per heavy atom. The molecule has 1 amide bonds. The lowest BCUT2D eigenvalue weighted by Crippen LogP contribution is -2.53. The van der Waals surface area contributed by atoms with Crippen LogP contribution in [0.15, 0.2) is 0 Å². The maximum Gasteiger partial charge on any atom is 0.228 e. The maximum absolute atomic E-state index is 12.3. The van der Waals surface area contributed by atoms with E-state index in [2.05, 4.69) is 6.92 Å². The number of piperidine rings is 1. The molecule has 1 fully saturated rings. The molecule has 1 aliphatic heterocycles. The molecule has 4 heteroatoms. The number of methoxy groups -OCH3 is 1. The number of ether oxygens (including phenoxy) is 1. The number of rotatable bonds is 4. The van der Waals surface area contributed by atoms with Gasteiger partial charge in [-0.1, -0.05) is 20.8 Å². The summed E-state index contributed by atoms with van der Waals surface area (Å²) in [5.41, 5.74) is 5.28. The van der Waals surface area contributed by atoms with Gasteiger partial charge in [-0.3, -0.25) is 4.79 Å². The van der Waals surface area contributed by atoms with Crippen LogP contribution in [0.2, 0.25) is 0 Å². The van der Waals surface area contributed by atoms with E-state index in [0.29, 0.717) is 6.54 Å². The third-order valence-corrected chi connectivity index (χ3v) is 4.23. The van der Waals surface area contributed by atoms with Crippen LogP contribution >= 0.6 is 0 Å². The van der Waals surface area contributed by atoms with Gasteiger partial charge in [0, 0.05) is 32.2 Å². The van der Waals surface area contributed by atoms with Gasteiger partial charge in [-0.2, -0.15) is 0 Å². The van der Waals surface area contributed by atoms with Gasteiger partial charge in [0.1, 0.15) is 0 Å². The summed E-state index contributed by atoms with van der Waals surface area (Å²) >= 11 is 0. The highest BCUT2D eigenvalue weighted by Crippen LogP contribution is 2.29. The summed E-state index contributed by atoms with van der Waals surface area (Å²) in [6, 6.07) is 0. The monoisotopic (exact) mass is 242 g/mol. The topological polar surface area (TPSA) is 55.6 Å². The summed E-state index contributed by atoms with van der Waals surface area (Å²) in [6.07, 6.45) is 2.55. The Morgan fingerprint density at radius 2 is 1.94 bits per heavy atom. The molecule has 1 aliphatic rings. The van der Waals surface area contributed by atoms with E-state index in [4.69, 9.17) is 10.5 Å². The van der Waals surface area contributed by atoms with E-state index in [1.54, 1.807) is 7.11 Å². The van der Waals surface area contributed by atoms with Gasteiger partial charge in [-0.05, 0) is 19.3 Å². The second-order valence-corrected chi connectivity index (χ2v) is 5.62. The molecule has 0 bridgehead atoms. The highest BCUT2D eigenvalue weighted by molar-refractivity contribution is 5.82. The number of hydrogen-bond donors (Lipinski definition) is 1. The molecule has 0 aromatic rings. The fraction of sp³-hybridized carbons (Fsp3) is 0.923.